The number of pyridine rings is 1. The van der Waals surface area contributed by atoms with E-state index in [1.807, 2.05) is 49.4 Å². The fourth-order valence-electron chi connectivity index (χ4n) is 3.77. The van der Waals surface area contributed by atoms with Crippen molar-refractivity contribution >= 4 is 22.6 Å². The van der Waals surface area contributed by atoms with Gasteiger partial charge in [0.2, 0.25) is 0 Å². The fraction of sp³-hybridized carbons (Fsp3) is 0.160. The van der Waals surface area contributed by atoms with E-state index in [-0.39, 0.29) is 5.91 Å². The van der Waals surface area contributed by atoms with Gasteiger partial charge in [0.25, 0.3) is 5.91 Å². The largest absolute Gasteiger partial charge is 0.497 e. The van der Waals surface area contributed by atoms with Crippen LogP contribution in [0.1, 0.15) is 21.7 Å². The Bertz CT molecular complexity index is 1520. The van der Waals surface area contributed by atoms with Crippen molar-refractivity contribution in [2.24, 2.45) is 0 Å². The smallest absolute Gasteiger partial charge is 0.257 e. The predicted octanol–water partition coefficient (Wildman–Crippen LogP) is 3.84. The molecule has 0 aliphatic rings. The van der Waals surface area contributed by atoms with E-state index in [0.29, 0.717) is 40.8 Å². The molecule has 0 saturated carbocycles. The van der Waals surface area contributed by atoms with Crippen LogP contribution in [0.4, 0.5) is 5.69 Å². The van der Waals surface area contributed by atoms with E-state index in [2.05, 4.69) is 30.6 Å². The van der Waals surface area contributed by atoms with E-state index in [1.165, 1.54) is 0 Å². The van der Waals surface area contributed by atoms with Crippen LogP contribution in [-0.2, 0) is 6.54 Å². The molecule has 0 unspecified atom stereocenters. The van der Waals surface area contributed by atoms with Crippen molar-refractivity contribution in [3.05, 3.63) is 77.9 Å². The Labute approximate surface area is 200 Å². The molecule has 176 valence electrons. The first-order valence-corrected chi connectivity index (χ1v) is 10.9. The summed E-state index contributed by atoms with van der Waals surface area (Å²) < 4.78 is 12.5. The van der Waals surface area contributed by atoms with E-state index in [4.69, 9.17) is 9.47 Å². The number of carbonyl (C=O) groups excluding carboxylic acids is 1. The molecule has 0 radical (unpaired) electrons. The summed E-state index contributed by atoms with van der Waals surface area (Å²) in [6, 6.07) is 14.8. The van der Waals surface area contributed by atoms with Gasteiger partial charge in [-0.1, -0.05) is 12.1 Å². The Kier molecular flexibility index (Phi) is 5.84. The van der Waals surface area contributed by atoms with Crippen molar-refractivity contribution < 1.29 is 14.3 Å². The molecule has 0 bridgehead atoms. The summed E-state index contributed by atoms with van der Waals surface area (Å²) in [5.74, 6) is 2.44. The van der Waals surface area contributed by atoms with Gasteiger partial charge in [0.1, 0.15) is 17.3 Å². The molecule has 10 nitrogen and oxygen atoms in total. The number of fused-ring (bicyclic) bond motifs is 1. The second kappa shape index (κ2) is 9.26. The highest BCUT2D eigenvalue weighted by molar-refractivity contribution is 6.05. The minimum atomic E-state index is -0.271. The third kappa shape index (κ3) is 4.54. The first kappa shape index (κ1) is 22.1. The van der Waals surface area contributed by atoms with Crippen LogP contribution in [0.5, 0.6) is 11.5 Å². The number of rotatable bonds is 7. The zero-order valence-electron chi connectivity index (χ0n) is 19.4. The molecule has 2 N–H and O–H groups in total. The molecule has 2 aromatic carbocycles. The van der Waals surface area contributed by atoms with Gasteiger partial charge in [-0.05, 0) is 37.3 Å². The first-order valence-electron chi connectivity index (χ1n) is 10.9. The van der Waals surface area contributed by atoms with E-state index in [1.54, 1.807) is 37.4 Å². The number of aryl methyl sites for hydroxylation is 1. The summed E-state index contributed by atoms with van der Waals surface area (Å²) in [5, 5.41) is 15.1. The van der Waals surface area contributed by atoms with Gasteiger partial charge in [0.05, 0.1) is 32.5 Å². The molecule has 0 aliphatic heterocycles. The van der Waals surface area contributed by atoms with Crippen molar-refractivity contribution in [3.8, 4) is 22.9 Å². The minimum absolute atomic E-state index is 0.271. The number of hydrogen-bond donors (Lipinski definition) is 2. The molecular formula is C25H23N7O3. The number of aromatic nitrogens is 6. The van der Waals surface area contributed by atoms with E-state index < -0.39 is 0 Å². The molecule has 0 saturated heterocycles. The normalized spacial score (nSPS) is 10.9. The van der Waals surface area contributed by atoms with Crippen molar-refractivity contribution in [2.45, 2.75) is 13.5 Å². The molecule has 3 heterocycles. The third-order valence-electron chi connectivity index (χ3n) is 5.53. The summed E-state index contributed by atoms with van der Waals surface area (Å²) in [6.45, 7) is 2.30. The number of aromatic amines is 1. The van der Waals surface area contributed by atoms with Gasteiger partial charge in [-0.3, -0.25) is 9.89 Å². The maximum Gasteiger partial charge on any atom is 0.257 e. The zero-order valence-corrected chi connectivity index (χ0v) is 19.4. The Hall–Kier alpha value is -4.73. The van der Waals surface area contributed by atoms with Crippen LogP contribution in [0, 0.1) is 6.92 Å². The van der Waals surface area contributed by atoms with Crippen LogP contribution >= 0.6 is 0 Å². The van der Waals surface area contributed by atoms with Crippen LogP contribution in [0.25, 0.3) is 22.4 Å². The van der Waals surface area contributed by atoms with Gasteiger partial charge in [-0.25, -0.2) is 14.6 Å². The van der Waals surface area contributed by atoms with E-state index >= 15 is 0 Å². The number of nitrogens with zero attached hydrogens (tertiary/aromatic N) is 5. The zero-order chi connectivity index (χ0) is 24.4. The maximum atomic E-state index is 12.9. The summed E-state index contributed by atoms with van der Waals surface area (Å²) in [6.07, 6.45) is 3.24. The van der Waals surface area contributed by atoms with Gasteiger partial charge in [0.15, 0.2) is 11.5 Å². The Morgan fingerprint density at radius 1 is 1.09 bits per heavy atom. The number of nitrogens with one attached hydrogen (secondary N) is 2. The molecular weight excluding hydrogens is 446 g/mol. The van der Waals surface area contributed by atoms with Gasteiger partial charge in [-0.2, -0.15) is 10.2 Å². The lowest BCUT2D eigenvalue weighted by atomic mass is 10.1. The number of ether oxygens (including phenoxy) is 2. The quantitative estimate of drug-likeness (QED) is 0.372. The molecule has 3 aromatic heterocycles. The lowest BCUT2D eigenvalue weighted by Crippen LogP contribution is -2.12. The number of methoxy groups -OCH3 is 2. The monoisotopic (exact) mass is 469 g/mol. The van der Waals surface area contributed by atoms with Gasteiger partial charge in [-0.15, -0.1) is 0 Å². The second-order valence-electron chi connectivity index (χ2n) is 7.90. The summed E-state index contributed by atoms with van der Waals surface area (Å²) >= 11 is 0. The third-order valence-corrected chi connectivity index (χ3v) is 5.53. The molecule has 0 spiro atoms. The number of amides is 1. The highest BCUT2D eigenvalue weighted by Gasteiger charge is 2.14. The van der Waals surface area contributed by atoms with Crippen molar-refractivity contribution in [3.63, 3.8) is 0 Å². The molecule has 5 aromatic rings. The van der Waals surface area contributed by atoms with E-state index in [0.717, 1.165) is 22.3 Å². The Morgan fingerprint density at radius 3 is 2.74 bits per heavy atom. The number of hydrogen-bond acceptors (Lipinski definition) is 7. The summed E-state index contributed by atoms with van der Waals surface area (Å²) in [5.41, 5.74) is 3.47. The van der Waals surface area contributed by atoms with Gasteiger partial charge in [0, 0.05) is 34.5 Å². The van der Waals surface area contributed by atoms with Gasteiger partial charge >= 0.3 is 0 Å². The number of H-pyrrole nitrogens is 1. The minimum Gasteiger partial charge on any atom is -0.497 e. The fourth-order valence-corrected chi connectivity index (χ4v) is 3.77. The average Bonchev–Trinajstić information content (AvgIpc) is 3.50. The Morgan fingerprint density at radius 2 is 1.97 bits per heavy atom. The second-order valence-corrected chi connectivity index (χ2v) is 7.90. The molecule has 10 heteroatoms. The molecule has 35 heavy (non-hydrogen) atoms. The molecule has 1 amide bonds. The maximum absolute atomic E-state index is 12.9. The van der Waals surface area contributed by atoms with Crippen LogP contribution in [-0.4, -0.2) is 50.1 Å². The van der Waals surface area contributed by atoms with Crippen molar-refractivity contribution in [1.82, 2.24) is 29.9 Å². The lowest BCUT2D eigenvalue weighted by Gasteiger charge is -2.11. The highest BCUT2D eigenvalue weighted by Crippen LogP contribution is 2.26. The van der Waals surface area contributed by atoms with Crippen LogP contribution in [0.15, 0.2) is 60.9 Å². The van der Waals surface area contributed by atoms with Crippen LogP contribution in [0.2, 0.25) is 0 Å². The molecule has 0 aliphatic carbocycles. The number of benzene rings is 2. The number of carbonyl (C=O) groups is 1. The van der Waals surface area contributed by atoms with Crippen LogP contribution in [0.3, 0.4) is 0 Å². The van der Waals surface area contributed by atoms with Crippen molar-refractivity contribution in [1.29, 1.82) is 0 Å². The van der Waals surface area contributed by atoms with Crippen molar-refractivity contribution in [2.75, 3.05) is 19.5 Å². The molecule has 5 rings (SSSR count). The SMILES string of the molecule is COc1ccc(Cn2ncc3cc(C(=O)Nc4cccc(-c5n[nH]c(C)n5)c4)cnc32)c(OC)c1. The average molecular weight is 470 g/mol. The summed E-state index contributed by atoms with van der Waals surface area (Å²) in [4.78, 5) is 21.7. The molecule has 0 fully saturated rings. The predicted molar refractivity (Wildman–Crippen MR) is 131 cm³/mol. The van der Waals surface area contributed by atoms with Crippen LogP contribution < -0.4 is 14.8 Å². The topological polar surface area (TPSA) is 120 Å². The number of anilines is 1. The van der Waals surface area contributed by atoms with E-state index in [9.17, 15) is 4.79 Å². The lowest BCUT2D eigenvalue weighted by molar-refractivity contribution is 0.102. The summed E-state index contributed by atoms with van der Waals surface area (Å²) in [7, 11) is 3.23. The van der Waals surface area contributed by atoms with Gasteiger partial charge < -0.3 is 14.8 Å². The first-order chi connectivity index (χ1) is 17.0. The molecule has 0 atom stereocenters. The highest BCUT2D eigenvalue weighted by atomic mass is 16.5. The standard InChI is InChI=1S/C25H23N7O3/c1-15-28-23(31-30-15)16-5-4-6-20(10-16)29-25(33)19-9-18-13-27-32(24(18)26-12-19)14-17-7-8-21(34-2)11-22(17)35-3/h4-13H,14H2,1-3H3,(H,29,33)(H,28,30,31). The Balaban J connectivity index is 1.35.